The molecule has 0 bridgehead atoms. The number of carbonyl (C=O) groups is 1. The van der Waals surface area contributed by atoms with Crippen LogP contribution in [-0.4, -0.2) is 36.5 Å². The zero-order valence-electron chi connectivity index (χ0n) is 14.5. The molecule has 4 heteroatoms. The minimum atomic E-state index is 0.0897. The molecule has 1 aromatic rings. The van der Waals surface area contributed by atoms with Crippen LogP contribution in [0.25, 0.3) is 0 Å². The topological polar surface area (TPSA) is 58.4 Å². The summed E-state index contributed by atoms with van der Waals surface area (Å²) in [5.74, 6) is 0.264. The molecule has 128 valence electrons. The molecule has 0 radical (unpaired) electrons. The molecule has 3 N–H and O–H groups in total. The molecule has 0 aromatic heterocycles. The Morgan fingerprint density at radius 2 is 1.96 bits per heavy atom. The zero-order valence-corrected chi connectivity index (χ0v) is 14.5. The Bertz CT molecular complexity index is 473. The fourth-order valence-corrected chi connectivity index (χ4v) is 3.60. The van der Waals surface area contributed by atoms with E-state index in [1.54, 1.807) is 0 Å². The fourth-order valence-electron chi connectivity index (χ4n) is 3.60. The molecule has 0 aliphatic heterocycles. The third-order valence-corrected chi connectivity index (χ3v) is 4.99. The van der Waals surface area contributed by atoms with Crippen LogP contribution in [0.3, 0.4) is 0 Å². The van der Waals surface area contributed by atoms with Crippen LogP contribution in [0.5, 0.6) is 0 Å². The van der Waals surface area contributed by atoms with Gasteiger partial charge >= 0.3 is 0 Å². The smallest absolute Gasteiger partial charge is 0.223 e. The van der Waals surface area contributed by atoms with E-state index in [-0.39, 0.29) is 23.9 Å². The monoisotopic (exact) mass is 317 g/mol. The van der Waals surface area contributed by atoms with E-state index in [0.29, 0.717) is 6.54 Å². The van der Waals surface area contributed by atoms with Gasteiger partial charge in [-0.3, -0.25) is 9.69 Å². The van der Waals surface area contributed by atoms with Gasteiger partial charge in [0.05, 0.1) is 6.04 Å². The second-order valence-corrected chi connectivity index (χ2v) is 6.52. The number of likely N-dealkylation sites (N-methyl/N-ethyl adjacent to an activating group) is 1. The first kappa shape index (κ1) is 18.0. The molecule has 1 aromatic carbocycles. The Morgan fingerprint density at radius 3 is 2.57 bits per heavy atom. The van der Waals surface area contributed by atoms with Crippen LogP contribution in [0.2, 0.25) is 0 Å². The highest BCUT2D eigenvalue weighted by Gasteiger charge is 2.26. The molecule has 0 saturated heterocycles. The molecule has 4 nitrogen and oxygen atoms in total. The molecular formula is C19H31N3O. The summed E-state index contributed by atoms with van der Waals surface area (Å²) >= 11 is 0. The van der Waals surface area contributed by atoms with Gasteiger partial charge in [0.1, 0.15) is 0 Å². The number of amides is 1. The number of hydrogen-bond donors (Lipinski definition) is 2. The second-order valence-electron chi connectivity index (χ2n) is 6.52. The van der Waals surface area contributed by atoms with Crippen molar-refractivity contribution < 1.29 is 4.79 Å². The zero-order chi connectivity index (χ0) is 16.7. The van der Waals surface area contributed by atoms with Gasteiger partial charge in [-0.15, -0.1) is 0 Å². The summed E-state index contributed by atoms with van der Waals surface area (Å²) in [5, 5.41) is 3.18. The highest BCUT2D eigenvalue weighted by molar-refractivity contribution is 5.78. The van der Waals surface area contributed by atoms with E-state index in [9.17, 15) is 4.79 Å². The maximum atomic E-state index is 12.5. The normalized spacial score (nSPS) is 22.8. The van der Waals surface area contributed by atoms with Crippen molar-refractivity contribution >= 4 is 5.91 Å². The predicted octanol–water partition coefficient (Wildman–Crippen LogP) is 2.70. The number of hydrogen-bond acceptors (Lipinski definition) is 3. The first-order valence-electron chi connectivity index (χ1n) is 8.98. The predicted molar refractivity (Wildman–Crippen MR) is 95.0 cm³/mol. The molecule has 1 amide bonds. The SMILES string of the molecule is CCN(CC)C(CNC(=O)C1CCCC(N)C1)c1ccccc1. The van der Waals surface area contributed by atoms with Gasteiger partial charge in [-0.1, -0.05) is 50.6 Å². The molecule has 1 aliphatic rings. The van der Waals surface area contributed by atoms with Crippen molar-refractivity contribution in [2.24, 2.45) is 11.7 Å². The average Bonchev–Trinajstić information content (AvgIpc) is 2.59. The molecule has 1 aliphatic carbocycles. The maximum absolute atomic E-state index is 12.5. The first-order valence-corrected chi connectivity index (χ1v) is 8.98. The lowest BCUT2D eigenvalue weighted by Crippen LogP contribution is -2.42. The molecule has 23 heavy (non-hydrogen) atoms. The summed E-state index contributed by atoms with van der Waals surface area (Å²) in [6.45, 7) is 6.94. The summed E-state index contributed by atoms with van der Waals surface area (Å²) in [6, 6.07) is 10.9. The Morgan fingerprint density at radius 1 is 1.26 bits per heavy atom. The summed E-state index contributed by atoms with van der Waals surface area (Å²) < 4.78 is 0. The highest BCUT2D eigenvalue weighted by Crippen LogP contribution is 2.24. The molecule has 1 fully saturated rings. The van der Waals surface area contributed by atoms with Gasteiger partial charge in [0.25, 0.3) is 0 Å². The molecular weight excluding hydrogens is 286 g/mol. The number of nitrogens with two attached hydrogens (primary N) is 1. The van der Waals surface area contributed by atoms with E-state index in [2.05, 4.69) is 48.3 Å². The minimum absolute atomic E-state index is 0.0897. The van der Waals surface area contributed by atoms with Gasteiger partial charge in [-0.05, 0) is 37.9 Å². The maximum Gasteiger partial charge on any atom is 0.223 e. The van der Waals surface area contributed by atoms with Crippen molar-refractivity contribution in [3.05, 3.63) is 35.9 Å². The first-order chi connectivity index (χ1) is 11.2. The Kier molecular flexibility index (Phi) is 7.06. The van der Waals surface area contributed by atoms with E-state index in [1.807, 2.05) is 6.07 Å². The van der Waals surface area contributed by atoms with E-state index in [1.165, 1.54) is 5.56 Å². The average molecular weight is 317 g/mol. The van der Waals surface area contributed by atoms with Gasteiger partial charge in [-0.2, -0.15) is 0 Å². The molecule has 0 heterocycles. The number of rotatable bonds is 7. The van der Waals surface area contributed by atoms with Crippen molar-refractivity contribution in [2.75, 3.05) is 19.6 Å². The van der Waals surface area contributed by atoms with Crippen LogP contribution in [0, 0.1) is 5.92 Å². The van der Waals surface area contributed by atoms with Gasteiger partial charge in [-0.25, -0.2) is 0 Å². The Labute approximate surface area is 140 Å². The van der Waals surface area contributed by atoms with Crippen LogP contribution in [0.1, 0.15) is 51.1 Å². The van der Waals surface area contributed by atoms with Crippen LogP contribution in [0.15, 0.2) is 30.3 Å². The lowest BCUT2D eigenvalue weighted by Gasteiger charge is -2.31. The van der Waals surface area contributed by atoms with Gasteiger partial charge in [0.2, 0.25) is 5.91 Å². The summed E-state index contributed by atoms with van der Waals surface area (Å²) in [6.07, 6.45) is 3.92. The summed E-state index contributed by atoms with van der Waals surface area (Å²) in [7, 11) is 0. The van der Waals surface area contributed by atoms with Crippen LogP contribution < -0.4 is 11.1 Å². The Balaban J connectivity index is 1.99. The Hall–Kier alpha value is -1.39. The molecule has 3 atom stereocenters. The van der Waals surface area contributed by atoms with Crippen molar-refractivity contribution in [3.63, 3.8) is 0 Å². The third-order valence-electron chi connectivity index (χ3n) is 4.99. The summed E-state index contributed by atoms with van der Waals surface area (Å²) in [5.41, 5.74) is 7.27. The number of carbonyl (C=O) groups excluding carboxylic acids is 1. The van der Waals surface area contributed by atoms with E-state index >= 15 is 0 Å². The number of benzene rings is 1. The van der Waals surface area contributed by atoms with Crippen molar-refractivity contribution in [2.45, 2.75) is 51.6 Å². The quantitative estimate of drug-likeness (QED) is 0.813. The molecule has 3 unspecified atom stereocenters. The van der Waals surface area contributed by atoms with Crippen LogP contribution in [-0.2, 0) is 4.79 Å². The van der Waals surface area contributed by atoms with E-state index in [4.69, 9.17) is 5.73 Å². The second kappa shape index (κ2) is 9.04. The van der Waals surface area contributed by atoms with Crippen LogP contribution >= 0.6 is 0 Å². The van der Waals surface area contributed by atoms with Crippen LogP contribution in [0.4, 0.5) is 0 Å². The number of nitrogens with zero attached hydrogens (tertiary/aromatic N) is 1. The largest absolute Gasteiger partial charge is 0.354 e. The van der Waals surface area contributed by atoms with Gasteiger partial charge < -0.3 is 11.1 Å². The lowest BCUT2D eigenvalue weighted by atomic mass is 9.85. The van der Waals surface area contributed by atoms with Crippen molar-refractivity contribution in [1.82, 2.24) is 10.2 Å². The number of nitrogens with one attached hydrogen (secondary N) is 1. The van der Waals surface area contributed by atoms with Crippen molar-refractivity contribution in [1.29, 1.82) is 0 Å². The minimum Gasteiger partial charge on any atom is -0.354 e. The lowest BCUT2D eigenvalue weighted by molar-refractivity contribution is -0.126. The van der Waals surface area contributed by atoms with Gasteiger partial charge in [0.15, 0.2) is 0 Å². The van der Waals surface area contributed by atoms with Gasteiger partial charge in [0, 0.05) is 18.5 Å². The molecule has 0 spiro atoms. The highest BCUT2D eigenvalue weighted by atomic mass is 16.1. The van der Waals surface area contributed by atoms with E-state index < -0.39 is 0 Å². The fraction of sp³-hybridized carbons (Fsp3) is 0.632. The molecule has 2 rings (SSSR count). The van der Waals surface area contributed by atoms with E-state index in [0.717, 1.165) is 38.8 Å². The molecule has 1 saturated carbocycles. The van der Waals surface area contributed by atoms with Crippen molar-refractivity contribution in [3.8, 4) is 0 Å². The third kappa shape index (κ3) is 5.05. The summed E-state index contributed by atoms with van der Waals surface area (Å²) in [4.78, 5) is 14.9. The standard InChI is InChI=1S/C19H31N3O/c1-3-22(4-2)18(15-9-6-5-7-10-15)14-21-19(23)16-11-8-12-17(20)13-16/h5-7,9-10,16-18H,3-4,8,11-14,20H2,1-2H3,(H,21,23).